The first-order valence-corrected chi connectivity index (χ1v) is 10.9. The van der Waals surface area contributed by atoms with Crippen LogP contribution in [0.15, 0.2) is 72.8 Å². The van der Waals surface area contributed by atoms with Gasteiger partial charge in [-0.05, 0) is 29.7 Å². The zero-order valence-corrected chi connectivity index (χ0v) is 18.6. The molecular weight excluding hydrogens is 449 g/mol. The summed E-state index contributed by atoms with van der Waals surface area (Å²) < 4.78 is 11.0. The Bertz CT molecular complexity index is 1110. The predicted molar refractivity (Wildman–Crippen MR) is 124 cm³/mol. The number of ether oxygens (including phenoxy) is 2. The van der Waals surface area contributed by atoms with Gasteiger partial charge < -0.3 is 14.8 Å². The zero-order chi connectivity index (χ0) is 22.5. The van der Waals surface area contributed by atoms with E-state index in [4.69, 9.17) is 32.7 Å². The monoisotopic (exact) mass is 469 g/mol. The van der Waals surface area contributed by atoms with Crippen molar-refractivity contribution < 1.29 is 19.1 Å². The van der Waals surface area contributed by atoms with Gasteiger partial charge in [-0.2, -0.15) is 0 Å². The smallest absolute Gasteiger partial charge is 0.328 e. The summed E-state index contributed by atoms with van der Waals surface area (Å²) in [6, 6.07) is 21.3. The standard InChI is InChI=1S/C25H21Cl2NO4/c26-18-11-20(27)23-19(24(29)31-14-16-7-3-1-4-8-16)13-22(28-21(23)12-18)25(30)32-15-17-9-5-2-6-10-17/h1-12,19,22,28H,13-15H2/t19-,22+/m0/s1. The molecule has 5 nitrogen and oxygen atoms in total. The molecular formula is C25H21Cl2NO4. The van der Waals surface area contributed by atoms with Crippen molar-refractivity contribution in [2.75, 3.05) is 5.32 Å². The van der Waals surface area contributed by atoms with Crippen molar-refractivity contribution in [2.45, 2.75) is 31.6 Å². The molecule has 4 rings (SSSR count). The third kappa shape index (κ3) is 5.23. The van der Waals surface area contributed by atoms with Gasteiger partial charge in [0.25, 0.3) is 0 Å². The molecule has 32 heavy (non-hydrogen) atoms. The highest BCUT2D eigenvalue weighted by atomic mass is 35.5. The number of fused-ring (bicyclic) bond motifs is 1. The number of esters is 2. The molecule has 7 heteroatoms. The molecule has 1 aliphatic heterocycles. The van der Waals surface area contributed by atoms with E-state index in [1.165, 1.54) is 0 Å². The summed E-state index contributed by atoms with van der Waals surface area (Å²) >= 11 is 12.6. The van der Waals surface area contributed by atoms with Crippen molar-refractivity contribution in [3.05, 3.63) is 99.5 Å². The number of rotatable bonds is 6. The normalized spacial score (nSPS) is 17.1. The Labute approximate surface area is 196 Å². The van der Waals surface area contributed by atoms with Gasteiger partial charge in [0, 0.05) is 21.3 Å². The molecule has 0 saturated carbocycles. The number of hydrogen-bond donors (Lipinski definition) is 1. The highest BCUT2D eigenvalue weighted by Crippen LogP contribution is 2.42. The van der Waals surface area contributed by atoms with Crippen LogP contribution < -0.4 is 5.32 Å². The predicted octanol–water partition coefficient (Wildman–Crippen LogP) is 5.75. The molecule has 0 bridgehead atoms. The summed E-state index contributed by atoms with van der Waals surface area (Å²) in [5.41, 5.74) is 2.84. The summed E-state index contributed by atoms with van der Waals surface area (Å²) in [4.78, 5) is 25.8. The van der Waals surface area contributed by atoms with Crippen LogP contribution in [0.4, 0.5) is 5.69 Å². The number of halogens is 2. The van der Waals surface area contributed by atoms with Crippen LogP contribution in [0.5, 0.6) is 0 Å². The summed E-state index contributed by atoms with van der Waals surface area (Å²) in [6.07, 6.45) is 0.162. The molecule has 0 spiro atoms. The van der Waals surface area contributed by atoms with Crippen molar-refractivity contribution in [2.24, 2.45) is 0 Å². The van der Waals surface area contributed by atoms with E-state index in [1.54, 1.807) is 12.1 Å². The van der Waals surface area contributed by atoms with Crippen molar-refractivity contribution in [1.82, 2.24) is 0 Å². The lowest BCUT2D eigenvalue weighted by molar-refractivity contribution is -0.149. The molecule has 0 aromatic heterocycles. The van der Waals surface area contributed by atoms with Gasteiger partial charge in [-0.3, -0.25) is 4.79 Å². The third-order valence-electron chi connectivity index (χ3n) is 5.26. The van der Waals surface area contributed by atoms with Crippen LogP contribution >= 0.6 is 23.2 Å². The van der Waals surface area contributed by atoms with Gasteiger partial charge in [0.05, 0.1) is 5.92 Å². The van der Waals surface area contributed by atoms with E-state index in [0.29, 0.717) is 21.3 Å². The number of anilines is 1. The quantitative estimate of drug-likeness (QED) is 0.465. The maximum absolute atomic E-state index is 13.0. The van der Waals surface area contributed by atoms with Gasteiger partial charge in [0.15, 0.2) is 0 Å². The summed E-state index contributed by atoms with van der Waals surface area (Å²) in [5, 5.41) is 3.87. The molecule has 0 amide bonds. The summed E-state index contributed by atoms with van der Waals surface area (Å²) in [5.74, 6) is -1.65. The van der Waals surface area contributed by atoms with E-state index < -0.39 is 23.9 Å². The van der Waals surface area contributed by atoms with Crippen LogP contribution in [0.25, 0.3) is 0 Å². The largest absolute Gasteiger partial charge is 0.460 e. The zero-order valence-electron chi connectivity index (χ0n) is 17.1. The maximum atomic E-state index is 13.0. The van der Waals surface area contributed by atoms with Gasteiger partial charge in [0.2, 0.25) is 0 Å². The fourth-order valence-electron chi connectivity index (χ4n) is 3.69. The van der Waals surface area contributed by atoms with E-state index in [1.807, 2.05) is 60.7 Å². The Morgan fingerprint density at radius 2 is 1.41 bits per heavy atom. The van der Waals surface area contributed by atoms with Crippen LogP contribution in [-0.2, 0) is 32.3 Å². The molecule has 0 saturated heterocycles. The minimum absolute atomic E-state index is 0.132. The average molecular weight is 470 g/mol. The van der Waals surface area contributed by atoms with Gasteiger partial charge in [-0.25, -0.2) is 4.79 Å². The number of carbonyl (C=O) groups is 2. The Balaban J connectivity index is 1.52. The average Bonchev–Trinajstić information content (AvgIpc) is 2.81. The molecule has 0 radical (unpaired) electrons. The molecule has 1 heterocycles. The van der Waals surface area contributed by atoms with E-state index in [0.717, 1.165) is 11.1 Å². The van der Waals surface area contributed by atoms with Crippen LogP contribution in [0.3, 0.4) is 0 Å². The summed E-state index contributed by atoms with van der Waals surface area (Å²) in [7, 11) is 0. The highest BCUT2D eigenvalue weighted by molar-refractivity contribution is 6.36. The van der Waals surface area contributed by atoms with E-state index >= 15 is 0 Å². The Morgan fingerprint density at radius 3 is 2.00 bits per heavy atom. The third-order valence-corrected chi connectivity index (χ3v) is 5.79. The number of carbonyl (C=O) groups excluding carboxylic acids is 2. The van der Waals surface area contributed by atoms with Crippen LogP contribution in [0.1, 0.15) is 29.0 Å². The van der Waals surface area contributed by atoms with Crippen LogP contribution in [0.2, 0.25) is 10.0 Å². The van der Waals surface area contributed by atoms with E-state index in [-0.39, 0.29) is 19.6 Å². The van der Waals surface area contributed by atoms with Crippen molar-refractivity contribution in [3.63, 3.8) is 0 Å². The first-order valence-electron chi connectivity index (χ1n) is 10.2. The van der Waals surface area contributed by atoms with E-state index in [2.05, 4.69) is 5.32 Å². The van der Waals surface area contributed by atoms with Gasteiger partial charge in [-0.15, -0.1) is 0 Å². The molecule has 1 aliphatic rings. The van der Waals surface area contributed by atoms with Crippen LogP contribution in [0, 0.1) is 0 Å². The fraction of sp³-hybridized carbons (Fsp3) is 0.200. The Hall–Kier alpha value is -3.02. The minimum Gasteiger partial charge on any atom is -0.460 e. The van der Waals surface area contributed by atoms with E-state index in [9.17, 15) is 9.59 Å². The van der Waals surface area contributed by atoms with Crippen molar-refractivity contribution in [3.8, 4) is 0 Å². The SMILES string of the molecule is O=C(OCc1ccccc1)[C@H]1C[C@H](C(=O)OCc2ccccc2)Nc2cc(Cl)cc(Cl)c21. The first kappa shape index (κ1) is 22.2. The molecule has 0 unspecified atom stereocenters. The minimum atomic E-state index is -0.741. The van der Waals surface area contributed by atoms with Crippen LogP contribution in [-0.4, -0.2) is 18.0 Å². The Kier molecular flexibility index (Phi) is 6.98. The highest BCUT2D eigenvalue weighted by Gasteiger charge is 2.38. The molecule has 3 aromatic carbocycles. The Morgan fingerprint density at radius 1 is 0.844 bits per heavy atom. The second-order valence-corrected chi connectivity index (χ2v) is 8.36. The lowest BCUT2D eigenvalue weighted by Gasteiger charge is -2.31. The number of hydrogen-bond acceptors (Lipinski definition) is 5. The maximum Gasteiger partial charge on any atom is 0.328 e. The first-order chi connectivity index (χ1) is 15.5. The molecule has 3 aromatic rings. The lowest BCUT2D eigenvalue weighted by Crippen LogP contribution is -2.39. The molecule has 164 valence electrons. The topological polar surface area (TPSA) is 64.6 Å². The molecule has 2 atom stereocenters. The lowest BCUT2D eigenvalue weighted by atomic mass is 9.86. The van der Waals surface area contributed by atoms with Crippen molar-refractivity contribution >= 4 is 40.8 Å². The molecule has 0 fully saturated rings. The number of nitrogens with one attached hydrogen (secondary N) is 1. The second-order valence-electron chi connectivity index (χ2n) is 7.52. The fourth-order valence-corrected chi connectivity index (χ4v) is 4.31. The summed E-state index contributed by atoms with van der Waals surface area (Å²) in [6.45, 7) is 0.275. The second kappa shape index (κ2) is 10.1. The van der Waals surface area contributed by atoms with Gasteiger partial charge >= 0.3 is 11.9 Å². The van der Waals surface area contributed by atoms with Gasteiger partial charge in [0.1, 0.15) is 19.3 Å². The van der Waals surface area contributed by atoms with Crippen molar-refractivity contribution in [1.29, 1.82) is 0 Å². The molecule has 0 aliphatic carbocycles. The van der Waals surface area contributed by atoms with Gasteiger partial charge in [-0.1, -0.05) is 83.9 Å². The molecule has 1 N–H and O–H groups in total. The number of benzene rings is 3.